The minimum Gasteiger partial charge on any atom is -0.387 e. The number of hydrogen-bond acceptors (Lipinski definition) is 29. The molecule has 0 aromatic carbocycles. The van der Waals surface area contributed by atoms with Crippen molar-refractivity contribution in [1.82, 2.24) is 53.6 Å². The van der Waals surface area contributed by atoms with Gasteiger partial charge in [0.25, 0.3) is 22.6 Å². The maximum absolute atomic E-state index is 13.7. The Morgan fingerprint density at radius 1 is 0.632 bits per heavy atom. The molecule has 40 nitrogen and oxygen atoms in total. The SMILES string of the molecule is CO[C@@H]1[C@H](OP(=O)(O)OC[C@H]2O[C@@H](n3cnc4c(=O)[nH]c(N)nc43)[C@H](O)[C@@H]2O)[C@@H](COP(=O)(O)OP(=O)(O)OP(=O)(O)OC[C@H]2O[C@@H]([n+]3cn(C)c4c(=O)[nH]c(N)nc43)[C@H](O)[C@@H]2O)O[C@H]1n1cnc2c(=O)[nH]c(N)nc21. The number of nitrogen functional groups attached to an aromatic ring is 3. The van der Waals surface area contributed by atoms with Crippen LogP contribution in [0.1, 0.15) is 18.7 Å². The first kappa shape index (κ1) is 55.4. The number of fused-ring (bicyclic) bond motifs is 3. The van der Waals surface area contributed by atoms with Gasteiger partial charge in [0.2, 0.25) is 23.6 Å². The third-order valence-corrected chi connectivity index (χ3v) is 16.9. The molecule has 0 bridgehead atoms. The number of H-pyrrole nitrogens is 3. The number of rotatable bonds is 19. The van der Waals surface area contributed by atoms with E-state index >= 15 is 0 Å². The van der Waals surface area contributed by atoms with Gasteiger partial charge in [0.05, 0.1) is 39.5 Å². The van der Waals surface area contributed by atoms with Crippen molar-refractivity contribution < 1.29 is 108 Å². The number of aliphatic hydroxyl groups excluding tert-OH is 4. The predicted molar refractivity (Wildman–Crippen MR) is 242 cm³/mol. The van der Waals surface area contributed by atoms with Gasteiger partial charge in [-0.1, -0.05) is 4.98 Å². The van der Waals surface area contributed by atoms with Crippen LogP contribution in [0.2, 0.25) is 0 Å². The van der Waals surface area contributed by atoms with Gasteiger partial charge in [-0.2, -0.15) is 18.6 Å². The number of nitrogens with one attached hydrogen (secondary N) is 3. The lowest BCUT2D eigenvalue weighted by Crippen LogP contribution is -2.46. The fraction of sp³-hybridized carbons (Fsp3) is 0.531. The second-order valence-corrected chi connectivity index (χ2v) is 22.7. The van der Waals surface area contributed by atoms with Gasteiger partial charge in [-0.3, -0.25) is 61.1 Å². The Bertz CT molecular complexity index is 3590. The van der Waals surface area contributed by atoms with E-state index in [4.69, 9.17) is 49.7 Å². The molecule has 0 saturated carbocycles. The molecular formula is C32H44N15O25P4+. The van der Waals surface area contributed by atoms with Gasteiger partial charge in [-0.25, -0.2) is 32.8 Å². The Kier molecular flexibility index (Phi) is 14.9. The minimum atomic E-state index is -6.24. The Hall–Kier alpha value is -5.35. The van der Waals surface area contributed by atoms with Gasteiger partial charge >= 0.3 is 36.9 Å². The number of hydrogen-bond donors (Lipinski definition) is 14. The van der Waals surface area contributed by atoms with Gasteiger partial charge in [-0.05, 0) is 0 Å². The monoisotopic (exact) mass is 1160 g/mol. The van der Waals surface area contributed by atoms with Gasteiger partial charge in [0.15, 0.2) is 41.1 Å². The number of imidazole rings is 3. The molecule has 3 aliphatic rings. The van der Waals surface area contributed by atoms with Gasteiger partial charge in [0.1, 0.15) is 54.9 Å². The molecule has 3 fully saturated rings. The average Bonchev–Trinajstić information content (AvgIpc) is 4.17. The summed E-state index contributed by atoms with van der Waals surface area (Å²) in [6.45, 7) is -3.51. The quantitative estimate of drug-likeness (QED) is 0.0266. The van der Waals surface area contributed by atoms with Crippen LogP contribution in [0.5, 0.6) is 0 Å². The van der Waals surface area contributed by atoms with Gasteiger partial charge in [-0.15, -0.1) is 0 Å². The third-order valence-electron chi connectivity index (χ3n) is 11.6. The van der Waals surface area contributed by atoms with Crippen molar-refractivity contribution in [2.75, 3.05) is 44.1 Å². The number of methoxy groups -OCH3 is 1. The van der Waals surface area contributed by atoms with Crippen LogP contribution in [0.25, 0.3) is 33.5 Å². The number of nitrogens with two attached hydrogens (primary N) is 3. The normalized spacial score (nSPS) is 30.2. The zero-order valence-corrected chi connectivity index (χ0v) is 41.9. The van der Waals surface area contributed by atoms with Crippen molar-refractivity contribution in [2.45, 2.75) is 73.6 Å². The highest BCUT2D eigenvalue weighted by atomic mass is 31.3. The fourth-order valence-corrected chi connectivity index (χ4v) is 12.8. The second-order valence-electron chi connectivity index (χ2n) is 16.7. The Morgan fingerprint density at radius 2 is 1.11 bits per heavy atom. The van der Waals surface area contributed by atoms with Crippen molar-refractivity contribution in [3.8, 4) is 0 Å². The molecule has 3 aliphatic heterocycles. The van der Waals surface area contributed by atoms with Crippen molar-refractivity contribution in [2.24, 2.45) is 7.05 Å². The Balaban J connectivity index is 0.871. The molecule has 16 atom stereocenters. The first-order valence-corrected chi connectivity index (χ1v) is 27.3. The number of phosphoric ester groups is 3. The van der Waals surface area contributed by atoms with Crippen LogP contribution in [-0.4, -0.2) is 175 Å². The molecule has 17 N–H and O–H groups in total. The summed E-state index contributed by atoms with van der Waals surface area (Å²) in [7, 11) is -21.1. The van der Waals surface area contributed by atoms with Crippen molar-refractivity contribution in [3.63, 3.8) is 0 Å². The molecule has 6 aromatic rings. The molecule has 9 rings (SSSR count). The summed E-state index contributed by atoms with van der Waals surface area (Å²) in [6.07, 6.45) is -17.5. The van der Waals surface area contributed by atoms with Crippen LogP contribution in [0.3, 0.4) is 0 Å². The molecule has 76 heavy (non-hydrogen) atoms. The van der Waals surface area contributed by atoms with Gasteiger partial charge in [0, 0.05) is 7.11 Å². The molecule has 0 amide bonds. The van der Waals surface area contributed by atoms with Crippen LogP contribution in [0, 0.1) is 0 Å². The lowest BCUT2D eigenvalue weighted by molar-refractivity contribution is -0.745. The number of ether oxygens (including phenoxy) is 4. The molecule has 4 unspecified atom stereocenters. The number of anilines is 3. The maximum Gasteiger partial charge on any atom is 0.490 e. The predicted octanol–water partition coefficient (Wildman–Crippen LogP) is -5.42. The molecule has 44 heteroatoms. The Labute approximate surface area is 418 Å². The minimum absolute atomic E-state index is 0.0326. The lowest BCUT2D eigenvalue weighted by Gasteiger charge is -2.26. The summed E-state index contributed by atoms with van der Waals surface area (Å²) < 4.78 is 108. The highest BCUT2D eigenvalue weighted by molar-refractivity contribution is 7.66. The summed E-state index contributed by atoms with van der Waals surface area (Å²) in [5.41, 5.74) is 13.7. The number of nitrogens with zero attached hydrogens (tertiary/aromatic N) is 9. The summed E-state index contributed by atoms with van der Waals surface area (Å²) in [6, 6.07) is 0. The van der Waals surface area contributed by atoms with Crippen molar-refractivity contribution in [3.05, 3.63) is 50.0 Å². The van der Waals surface area contributed by atoms with Crippen molar-refractivity contribution >= 4 is 82.6 Å². The molecule has 3 saturated heterocycles. The molecular weight excluding hydrogens is 1120 g/mol. The smallest absolute Gasteiger partial charge is 0.387 e. The standard InChI is InChI=1S/C32H43N15O25P4/c1-44-8-47(23-14(44)26(54)43-32(35)40-23)28-18(51)16(49)10(68-28)4-65-74(57,58)71-76(61,62)72-75(59,60)66-5-11-19(20(63-2)29(69-11)46-7-37-13-22(46)39-31(34)42-25(13)53)70-73(55,56)64-3-9-15(48)17(50)27(67-9)45-6-36-12-21(45)38-30(33)41-24(12)52/h6-11,15-20,27-29,48-51H,3-5H2,1-2H3,(H12-,33,34,35,38,39,40,41,42,43,52,53,54,55,56,57,58,59,60,61,62)/p+1/t9-,10-,11-,15-,16-,17-,18-,19-,20-,27-,28-,29-/m1/s1. The average molecular weight is 1160 g/mol. The lowest BCUT2D eigenvalue weighted by atomic mass is 10.1. The number of aryl methyl sites for hydroxylation is 1. The maximum atomic E-state index is 13.7. The van der Waals surface area contributed by atoms with Gasteiger partial charge < -0.3 is 76.1 Å². The van der Waals surface area contributed by atoms with Crippen LogP contribution in [0.15, 0.2) is 33.4 Å². The summed E-state index contributed by atoms with van der Waals surface area (Å²) >= 11 is 0. The first-order valence-electron chi connectivity index (χ1n) is 21.3. The van der Waals surface area contributed by atoms with Crippen LogP contribution >= 0.6 is 31.3 Å². The highest BCUT2D eigenvalue weighted by Crippen LogP contribution is 2.68. The number of aromatic nitrogens is 12. The van der Waals surface area contributed by atoms with Crippen LogP contribution < -0.4 is 38.4 Å². The molecule has 0 spiro atoms. The van der Waals surface area contributed by atoms with E-state index in [0.29, 0.717) is 0 Å². The largest absolute Gasteiger partial charge is 0.490 e. The number of aromatic amines is 3. The van der Waals surface area contributed by atoms with E-state index in [-0.39, 0.29) is 45.4 Å². The molecule has 9 heterocycles. The second kappa shape index (κ2) is 20.5. The van der Waals surface area contributed by atoms with Crippen LogP contribution in [0.4, 0.5) is 17.8 Å². The van der Waals surface area contributed by atoms with E-state index < -0.39 is 147 Å². The van der Waals surface area contributed by atoms with E-state index in [2.05, 4.69) is 53.0 Å². The molecule has 6 aromatic heterocycles. The summed E-state index contributed by atoms with van der Waals surface area (Å²) in [4.78, 5) is 106. The van der Waals surface area contributed by atoms with E-state index in [1.165, 1.54) is 17.9 Å². The third kappa shape index (κ3) is 10.9. The van der Waals surface area contributed by atoms with E-state index in [1.807, 2.05) is 0 Å². The first-order chi connectivity index (χ1) is 35.6. The Morgan fingerprint density at radius 3 is 1.67 bits per heavy atom. The molecule has 0 radical (unpaired) electrons. The van der Waals surface area contributed by atoms with Crippen molar-refractivity contribution in [1.29, 1.82) is 0 Å². The summed E-state index contributed by atoms with van der Waals surface area (Å²) in [5, 5.41) is 43.2. The van der Waals surface area contributed by atoms with Crippen LogP contribution in [-0.2, 0) is 71.0 Å². The molecule has 0 aliphatic carbocycles. The fourth-order valence-electron chi connectivity index (χ4n) is 8.36. The van der Waals surface area contributed by atoms with E-state index in [9.17, 15) is 72.6 Å². The topological polar surface area (TPSA) is 582 Å². The van der Waals surface area contributed by atoms with E-state index in [0.717, 1.165) is 33.5 Å². The zero-order valence-electron chi connectivity index (χ0n) is 38.3. The number of aliphatic hydroxyl groups is 4. The zero-order chi connectivity index (χ0) is 55.1. The highest BCUT2D eigenvalue weighted by Gasteiger charge is 2.54. The number of phosphoric acid groups is 4. The molecule has 416 valence electrons. The summed E-state index contributed by atoms with van der Waals surface area (Å²) in [5.74, 6) is -1.06. The van der Waals surface area contributed by atoms with E-state index in [1.54, 1.807) is 0 Å².